The molecule has 25 heavy (non-hydrogen) atoms. The lowest BCUT2D eigenvalue weighted by molar-refractivity contribution is 0.103. The first-order chi connectivity index (χ1) is 11.5. The molecule has 0 fully saturated rings. The fourth-order valence-corrected chi connectivity index (χ4v) is 6.46. The Morgan fingerprint density at radius 3 is 2.52 bits per heavy atom. The van der Waals surface area contributed by atoms with Gasteiger partial charge in [-0.1, -0.05) is 13.8 Å². The topological polar surface area (TPSA) is 78.3 Å². The minimum Gasteiger partial charge on any atom is -0.481 e. The molecule has 134 valence electrons. The van der Waals surface area contributed by atoms with Crippen LogP contribution in [-0.4, -0.2) is 36.8 Å². The smallest absolute Gasteiger partial charge is 0.222 e. The van der Waals surface area contributed by atoms with Crippen molar-refractivity contribution >= 4 is 15.6 Å². The zero-order valence-corrected chi connectivity index (χ0v) is 16.1. The van der Waals surface area contributed by atoms with Gasteiger partial charge in [0.1, 0.15) is 5.56 Å². The second-order valence-electron chi connectivity index (χ2n) is 7.23. The van der Waals surface area contributed by atoms with E-state index < -0.39 is 15.3 Å². The number of methoxy groups -OCH3 is 1. The molecule has 7 heteroatoms. The van der Waals surface area contributed by atoms with Gasteiger partial charge in [-0.2, -0.15) is 5.10 Å². The van der Waals surface area contributed by atoms with E-state index in [0.717, 1.165) is 5.56 Å². The molecule has 2 heterocycles. The van der Waals surface area contributed by atoms with E-state index in [9.17, 15) is 13.2 Å². The summed E-state index contributed by atoms with van der Waals surface area (Å²) in [5, 5.41) is 4.09. The van der Waals surface area contributed by atoms with Gasteiger partial charge in [-0.15, -0.1) is 0 Å². The van der Waals surface area contributed by atoms with E-state index in [0.29, 0.717) is 33.0 Å². The molecule has 0 saturated heterocycles. The molecule has 0 unspecified atom stereocenters. The van der Waals surface area contributed by atoms with Crippen molar-refractivity contribution in [3.8, 4) is 5.88 Å². The van der Waals surface area contributed by atoms with Crippen LogP contribution in [0.1, 0.15) is 46.5 Å². The Bertz CT molecular complexity index is 1000. The normalized spacial score (nSPS) is 17.4. The summed E-state index contributed by atoms with van der Waals surface area (Å²) in [6, 6.07) is 1.67. The zero-order chi connectivity index (χ0) is 18.7. The van der Waals surface area contributed by atoms with Crippen LogP contribution in [0.25, 0.3) is 0 Å². The van der Waals surface area contributed by atoms with Crippen molar-refractivity contribution in [2.24, 2.45) is 7.05 Å². The minimum absolute atomic E-state index is 0.0604. The number of ketones is 1. The number of hydrogen-bond acceptors (Lipinski definition) is 5. The highest BCUT2D eigenvalue weighted by Crippen LogP contribution is 2.44. The quantitative estimate of drug-likeness (QED) is 0.783. The van der Waals surface area contributed by atoms with Gasteiger partial charge in [0.2, 0.25) is 5.88 Å². The highest BCUT2D eigenvalue weighted by atomic mass is 32.2. The molecule has 1 aromatic heterocycles. The van der Waals surface area contributed by atoms with Gasteiger partial charge in [-0.3, -0.25) is 4.79 Å². The van der Waals surface area contributed by atoms with Crippen molar-refractivity contribution in [2.45, 2.75) is 38.0 Å². The fourth-order valence-electron chi connectivity index (χ4n) is 3.93. The van der Waals surface area contributed by atoms with Crippen molar-refractivity contribution in [1.29, 1.82) is 0 Å². The van der Waals surface area contributed by atoms with E-state index >= 15 is 0 Å². The van der Waals surface area contributed by atoms with Crippen molar-refractivity contribution in [3.05, 3.63) is 40.1 Å². The van der Waals surface area contributed by atoms with Crippen LogP contribution in [0.2, 0.25) is 0 Å². The van der Waals surface area contributed by atoms with Gasteiger partial charge in [0.05, 0.1) is 24.0 Å². The Hall–Kier alpha value is -2.15. The maximum Gasteiger partial charge on any atom is 0.222 e. The molecule has 2 aromatic rings. The number of ether oxygens (including phenoxy) is 1. The first kappa shape index (κ1) is 17.7. The predicted octanol–water partition coefficient (Wildman–Crippen LogP) is 2.34. The van der Waals surface area contributed by atoms with Gasteiger partial charge in [-0.25, -0.2) is 13.1 Å². The van der Waals surface area contributed by atoms with E-state index in [1.165, 1.54) is 18.0 Å². The molecule has 3 rings (SSSR count). The second kappa shape index (κ2) is 5.42. The second-order valence-corrected chi connectivity index (χ2v) is 9.16. The standard InChI is InChI=1S/C18H22N2O4S/c1-10-7-12(15(21)13-8-19-20(5)17(13)24-6)11(2)14-16(10)25(22,23)9-18(14,3)4/h7-8H,9H2,1-6H3. The van der Waals surface area contributed by atoms with Crippen LogP contribution in [0.15, 0.2) is 17.2 Å². The van der Waals surface area contributed by atoms with Crippen LogP contribution < -0.4 is 4.74 Å². The summed E-state index contributed by atoms with van der Waals surface area (Å²) in [5.74, 6) is 0.230. The third-order valence-corrected chi connectivity index (χ3v) is 7.08. The molecule has 1 aliphatic rings. The van der Waals surface area contributed by atoms with E-state index in [-0.39, 0.29) is 11.5 Å². The summed E-state index contributed by atoms with van der Waals surface area (Å²) in [5.41, 5.74) is 2.40. The number of hydrogen-bond donors (Lipinski definition) is 0. The van der Waals surface area contributed by atoms with E-state index in [4.69, 9.17) is 4.74 Å². The Balaban J connectivity index is 2.27. The lowest BCUT2D eigenvalue weighted by atomic mass is 9.80. The summed E-state index contributed by atoms with van der Waals surface area (Å²) in [6.45, 7) is 7.37. The van der Waals surface area contributed by atoms with Crippen molar-refractivity contribution in [3.63, 3.8) is 0 Å². The Kier molecular flexibility index (Phi) is 3.83. The molecule has 0 radical (unpaired) electrons. The fraction of sp³-hybridized carbons (Fsp3) is 0.444. The number of aryl methyl sites for hydroxylation is 2. The number of sulfone groups is 1. The monoisotopic (exact) mass is 362 g/mol. The molecular weight excluding hydrogens is 340 g/mol. The molecule has 0 saturated carbocycles. The summed E-state index contributed by atoms with van der Waals surface area (Å²) in [4.78, 5) is 13.5. The van der Waals surface area contributed by atoms with Gasteiger partial charge < -0.3 is 4.74 Å². The predicted molar refractivity (Wildman–Crippen MR) is 94.2 cm³/mol. The number of benzene rings is 1. The maximum absolute atomic E-state index is 13.1. The highest BCUT2D eigenvalue weighted by Gasteiger charge is 2.44. The lowest BCUT2D eigenvalue weighted by Crippen LogP contribution is -2.21. The summed E-state index contributed by atoms with van der Waals surface area (Å²) >= 11 is 0. The van der Waals surface area contributed by atoms with Crippen LogP contribution >= 0.6 is 0 Å². The van der Waals surface area contributed by atoms with Gasteiger partial charge in [0.25, 0.3) is 0 Å². The van der Waals surface area contributed by atoms with Gasteiger partial charge in [0.15, 0.2) is 15.6 Å². The van der Waals surface area contributed by atoms with E-state index in [2.05, 4.69) is 5.10 Å². The number of rotatable bonds is 3. The molecule has 0 aliphatic carbocycles. The van der Waals surface area contributed by atoms with Crippen LogP contribution in [0.4, 0.5) is 0 Å². The number of nitrogens with zero attached hydrogens (tertiary/aromatic N) is 2. The molecule has 0 bridgehead atoms. The van der Waals surface area contributed by atoms with Gasteiger partial charge in [0, 0.05) is 18.0 Å². The Morgan fingerprint density at radius 2 is 1.92 bits per heavy atom. The van der Waals surface area contributed by atoms with Crippen molar-refractivity contribution in [2.75, 3.05) is 12.9 Å². The molecule has 0 atom stereocenters. The third kappa shape index (κ3) is 2.49. The molecule has 0 N–H and O–H groups in total. The van der Waals surface area contributed by atoms with E-state index in [1.54, 1.807) is 20.0 Å². The molecule has 6 nitrogen and oxygen atoms in total. The van der Waals surface area contributed by atoms with E-state index in [1.807, 2.05) is 20.8 Å². The summed E-state index contributed by atoms with van der Waals surface area (Å²) < 4.78 is 31.9. The van der Waals surface area contributed by atoms with Crippen LogP contribution in [-0.2, 0) is 22.3 Å². The number of fused-ring (bicyclic) bond motifs is 1. The largest absolute Gasteiger partial charge is 0.481 e. The molecular formula is C18H22N2O4S. The van der Waals surface area contributed by atoms with Crippen molar-refractivity contribution in [1.82, 2.24) is 9.78 Å². The maximum atomic E-state index is 13.1. The molecule has 1 aliphatic heterocycles. The highest BCUT2D eigenvalue weighted by molar-refractivity contribution is 7.91. The lowest BCUT2D eigenvalue weighted by Gasteiger charge is -2.21. The molecule has 0 amide bonds. The molecule has 1 aromatic carbocycles. The Labute approximate surface area is 147 Å². The minimum atomic E-state index is -3.33. The summed E-state index contributed by atoms with van der Waals surface area (Å²) in [7, 11) is -0.144. The van der Waals surface area contributed by atoms with Crippen LogP contribution in [0, 0.1) is 13.8 Å². The van der Waals surface area contributed by atoms with Crippen LogP contribution in [0.3, 0.4) is 0 Å². The first-order valence-corrected chi connectivity index (χ1v) is 9.64. The third-order valence-electron chi connectivity index (χ3n) is 4.83. The SMILES string of the molecule is COc1c(C(=O)c2cc(C)c3c(c2C)C(C)(C)CS3(=O)=O)cnn1C. The zero-order valence-electron chi connectivity index (χ0n) is 15.3. The number of aromatic nitrogens is 2. The average molecular weight is 362 g/mol. The van der Waals surface area contributed by atoms with Crippen LogP contribution in [0.5, 0.6) is 5.88 Å². The molecule has 0 spiro atoms. The van der Waals surface area contributed by atoms with Gasteiger partial charge in [-0.05, 0) is 36.6 Å². The average Bonchev–Trinajstić information content (AvgIpc) is 2.96. The van der Waals surface area contributed by atoms with Crippen molar-refractivity contribution < 1.29 is 17.9 Å². The number of carbonyl (C=O) groups excluding carboxylic acids is 1. The first-order valence-electron chi connectivity index (χ1n) is 7.99. The Morgan fingerprint density at radius 1 is 1.28 bits per heavy atom. The number of carbonyl (C=O) groups is 1. The van der Waals surface area contributed by atoms with Gasteiger partial charge >= 0.3 is 0 Å². The summed E-state index contributed by atoms with van der Waals surface area (Å²) in [6.07, 6.45) is 1.48.